The number of rotatable bonds is 13. The van der Waals surface area contributed by atoms with Crippen LogP contribution < -0.4 is 10.6 Å². The number of aliphatic hydroxyl groups excluding tert-OH is 5. The number of carbonyl (C=O) groups excluding carboxylic acids is 3. The van der Waals surface area contributed by atoms with Gasteiger partial charge >= 0.3 is 5.97 Å². The van der Waals surface area contributed by atoms with E-state index in [4.69, 9.17) is 33.6 Å². The van der Waals surface area contributed by atoms with Crippen LogP contribution in [0.2, 0.25) is 0 Å². The average Bonchev–Trinajstić information content (AvgIpc) is 3.87. The van der Waals surface area contributed by atoms with Gasteiger partial charge in [-0.2, -0.15) is 5.06 Å². The molecule has 5 fully saturated rings. The third-order valence-corrected chi connectivity index (χ3v) is 11.7. The molecule has 1 saturated carbocycles. The Hall–Kier alpha value is -3.85. The van der Waals surface area contributed by atoms with Crippen LogP contribution in [0.25, 0.3) is 6.08 Å². The number of esters is 1. The maximum absolute atomic E-state index is 14.5. The van der Waals surface area contributed by atoms with Crippen LogP contribution in [0, 0.1) is 5.41 Å². The Balaban J connectivity index is 1.03. The molecule has 2 aromatic rings. The van der Waals surface area contributed by atoms with Crippen molar-refractivity contribution in [1.82, 2.24) is 15.7 Å². The third-order valence-electron chi connectivity index (χ3n) is 11.7. The second-order valence-electron chi connectivity index (χ2n) is 15.1. The minimum Gasteiger partial charge on any atom is -0.458 e. The molecule has 11 atom stereocenters. The van der Waals surface area contributed by atoms with Gasteiger partial charge in [0.15, 0.2) is 18.1 Å². The molecule has 302 valence electrons. The Bertz CT molecular complexity index is 1800. The predicted octanol–water partition coefficient (Wildman–Crippen LogP) is -1.79. The summed E-state index contributed by atoms with van der Waals surface area (Å²) in [5.41, 5.74) is 2.18. The molecule has 2 amide bonds. The number of hydrogen-bond acceptors (Lipinski definition) is 15. The highest BCUT2D eigenvalue weighted by Gasteiger charge is 2.76. The highest BCUT2D eigenvalue weighted by molar-refractivity contribution is 5.94. The fourth-order valence-electron chi connectivity index (χ4n) is 9.04. The Morgan fingerprint density at radius 3 is 2.41 bits per heavy atom. The van der Waals surface area contributed by atoms with Crippen LogP contribution >= 0.6 is 0 Å². The molecule has 2 aromatic carbocycles. The number of hydroxylamine groups is 2. The monoisotopic (exact) mass is 781 g/mol. The largest absolute Gasteiger partial charge is 0.458 e. The fraction of sp³-hybridized carbons (Fsp3) is 0.564. The highest BCUT2D eigenvalue weighted by Crippen LogP contribution is 2.58. The van der Waals surface area contributed by atoms with Crippen molar-refractivity contribution < 1.29 is 68.4 Å². The molecule has 17 heteroatoms. The highest BCUT2D eigenvalue weighted by atomic mass is 16.8. The summed E-state index contributed by atoms with van der Waals surface area (Å²) in [6.45, 7) is -0.728. The zero-order chi connectivity index (χ0) is 39.2. The molecule has 8 rings (SSSR count). The number of aliphatic hydroxyl groups is 5. The van der Waals surface area contributed by atoms with E-state index in [1.54, 1.807) is 12.2 Å². The second-order valence-corrected chi connectivity index (χ2v) is 15.1. The molecule has 4 heterocycles. The van der Waals surface area contributed by atoms with Gasteiger partial charge in [-0.15, -0.1) is 0 Å². The van der Waals surface area contributed by atoms with E-state index in [9.17, 15) is 34.8 Å². The normalized spacial score (nSPS) is 35.3. The van der Waals surface area contributed by atoms with Crippen molar-refractivity contribution in [2.24, 2.45) is 5.41 Å². The predicted molar refractivity (Wildman–Crippen MR) is 190 cm³/mol. The van der Waals surface area contributed by atoms with E-state index in [2.05, 4.69) is 10.6 Å². The molecule has 2 bridgehead atoms. The summed E-state index contributed by atoms with van der Waals surface area (Å²) in [4.78, 5) is 47.6. The van der Waals surface area contributed by atoms with Crippen LogP contribution in [0.5, 0.6) is 0 Å². The van der Waals surface area contributed by atoms with E-state index in [0.29, 0.717) is 12.8 Å². The van der Waals surface area contributed by atoms with Gasteiger partial charge in [-0.1, -0.05) is 60.7 Å². The zero-order valence-electron chi connectivity index (χ0n) is 30.5. The summed E-state index contributed by atoms with van der Waals surface area (Å²) in [7, 11) is 0. The first kappa shape index (κ1) is 39.0. The molecular weight excluding hydrogens is 734 g/mol. The summed E-state index contributed by atoms with van der Waals surface area (Å²) in [5.74, 6) is -2.48. The maximum Gasteiger partial charge on any atom is 0.327 e. The molecule has 0 unspecified atom stereocenters. The molecule has 56 heavy (non-hydrogen) atoms. The van der Waals surface area contributed by atoms with Gasteiger partial charge in [0, 0.05) is 38.8 Å². The van der Waals surface area contributed by atoms with Crippen LogP contribution in [0.3, 0.4) is 0 Å². The van der Waals surface area contributed by atoms with Crippen molar-refractivity contribution in [2.75, 3.05) is 32.9 Å². The fourth-order valence-corrected chi connectivity index (χ4v) is 9.04. The molecule has 0 aromatic heterocycles. The van der Waals surface area contributed by atoms with Crippen molar-refractivity contribution in [2.45, 2.75) is 99.2 Å². The summed E-state index contributed by atoms with van der Waals surface area (Å²) < 4.78 is 30.6. The Morgan fingerprint density at radius 2 is 1.66 bits per heavy atom. The van der Waals surface area contributed by atoms with Crippen molar-refractivity contribution in [3.63, 3.8) is 0 Å². The first-order valence-corrected chi connectivity index (χ1v) is 19.0. The van der Waals surface area contributed by atoms with Gasteiger partial charge in [-0.3, -0.25) is 19.2 Å². The third kappa shape index (κ3) is 6.94. The second kappa shape index (κ2) is 15.8. The number of nitrogens with zero attached hydrogens (tertiary/aromatic N) is 1. The lowest BCUT2D eigenvalue weighted by Gasteiger charge is -2.48. The summed E-state index contributed by atoms with van der Waals surface area (Å²) in [6.07, 6.45) is -5.75. The van der Waals surface area contributed by atoms with Crippen LogP contribution in [0.4, 0.5) is 0 Å². The van der Waals surface area contributed by atoms with Crippen LogP contribution in [-0.2, 0) is 62.3 Å². The first-order valence-electron chi connectivity index (χ1n) is 19.0. The Morgan fingerprint density at radius 1 is 0.929 bits per heavy atom. The lowest BCUT2D eigenvalue weighted by atomic mass is 9.62. The van der Waals surface area contributed by atoms with E-state index in [1.807, 2.05) is 48.5 Å². The quantitative estimate of drug-likeness (QED) is 0.111. The molecule has 1 spiro atoms. The molecule has 17 nitrogen and oxygen atoms in total. The Labute approximate surface area is 322 Å². The van der Waals surface area contributed by atoms with Gasteiger partial charge < -0.3 is 59.9 Å². The van der Waals surface area contributed by atoms with Crippen molar-refractivity contribution >= 4 is 23.9 Å². The van der Waals surface area contributed by atoms with Crippen LogP contribution in [0.15, 0.2) is 54.6 Å². The summed E-state index contributed by atoms with van der Waals surface area (Å²) >= 11 is 0. The van der Waals surface area contributed by atoms with Gasteiger partial charge in [-0.05, 0) is 22.3 Å². The Kier molecular flexibility index (Phi) is 11.0. The van der Waals surface area contributed by atoms with E-state index >= 15 is 0 Å². The smallest absolute Gasteiger partial charge is 0.327 e. The average molecular weight is 782 g/mol. The summed E-state index contributed by atoms with van der Waals surface area (Å²) in [5, 5.41) is 56.0. The molecule has 4 aliphatic heterocycles. The van der Waals surface area contributed by atoms with Crippen LogP contribution in [-0.4, -0.2) is 148 Å². The summed E-state index contributed by atoms with van der Waals surface area (Å²) in [6, 6.07) is 14.1. The van der Waals surface area contributed by atoms with Crippen LogP contribution in [0.1, 0.15) is 35.1 Å². The van der Waals surface area contributed by atoms with Gasteiger partial charge in [0.1, 0.15) is 54.2 Å². The van der Waals surface area contributed by atoms with Gasteiger partial charge in [0.2, 0.25) is 11.8 Å². The molecule has 0 radical (unpaired) electrons. The van der Waals surface area contributed by atoms with Crippen molar-refractivity contribution in [3.8, 4) is 0 Å². The van der Waals surface area contributed by atoms with Gasteiger partial charge in [-0.25, -0.2) is 0 Å². The number of amides is 2. The molecule has 2 aliphatic carbocycles. The topological polar surface area (TPSA) is 235 Å². The SMILES string of the molecule is O=C(CCNC(=O)[C@@]12C[C@H]3OC(=O)[C@@H]1N(Cc1ccccc1C=CCO[C@H]1O[C@H](CO)[C@H](O)[C@H](O)[C@H]1O)O[C@@H]2[C@H]1OC2(Cc4ccccc4C2)O[C@H]13)NCCO. The van der Waals surface area contributed by atoms with Crippen molar-refractivity contribution in [3.05, 3.63) is 76.9 Å². The first-order chi connectivity index (χ1) is 27.1. The van der Waals surface area contributed by atoms with E-state index in [-0.39, 0.29) is 51.6 Å². The number of ether oxygens (including phenoxy) is 5. The maximum atomic E-state index is 14.5. The van der Waals surface area contributed by atoms with E-state index in [1.165, 1.54) is 5.06 Å². The number of benzene rings is 2. The lowest BCUT2D eigenvalue weighted by Crippen LogP contribution is -2.69. The van der Waals surface area contributed by atoms with Crippen molar-refractivity contribution in [1.29, 1.82) is 0 Å². The van der Waals surface area contributed by atoms with Gasteiger partial charge in [0.25, 0.3) is 0 Å². The molecule has 4 saturated heterocycles. The number of nitrogens with one attached hydrogen (secondary N) is 2. The zero-order valence-corrected chi connectivity index (χ0v) is 30.5. The molecule has 6 aliphatic rings. The number of carbonyl (C=O) groups is 3. The number of hydrogen-bond donors (Lipinski definition) is 7. The standard InChI is InChI=1S/C39H47N3O14/c43-14-13-40-27(45)11-12-41-37(50)39-18-25-31-32(55-38(54-31)16-22-7-2-3-8-23(22)17-38)34(39)56-42(33(39)35(49)52-25)19-24-9-4-1-6-21(24)10-5-15-51-36-30(48)29(47)28(46)26(20-44)53-36/h1-10,25-26,28-34,36,43-44,46-48H,11-20H2,(H,40,45)(H,41,50)/t25-,26-,28+,29+,30-,31+,32+,33+,34-,36+,39+/m1/s1. The van der Waals surface area contributed by atoms with Gasteiger partial charge in [0.05, 0.1) is 26.4 Å². The lowest BCUT2D eigenvalue weighted by molar-refractivity contribution is -0.298. The minimum atomic E-state index is -1.57. The van der Waals surface area contributed by atoms with E-state index < -0.39 is 90.8 Å². The molecular formula is C39H47N3O14. The van der Waals surface area contributed by atoms with E-state index in [0.717, 1.165) is 22.3 Å². The molecule has 7 N–H and O–H groups in total. The minimum absolute atomic E-state index is 0.0134. The number of fused-ring (bicyclic) bond motifs is 5.